The van der Waals surface area contributed by atoms with Crippen molar-refractivity contribution in [1.82, 2.24) is 0 Å². The van der Waals surface area contributed by atoms with Crippen LogP contribution in [0.2, 0.25) is 5.02 Å². The van der Waals surface area contributed by atoms with Gasteiger partial charge in [-0.2, -0.15) is 0 Å². The maximum Gasteiger partial charge on any atom is 0.295 e. The molecule has 1 N–H and O–H groups in total. The molecule has 0 unspecified atom stereocenters. The number of carbonyl (C=O) groups is 2. The van der Waals surface area contributed by atoms with Gasteiger partial charge in [-0.15, -0.1) is 0 Å². The van der Waals surface area contributed by atoms with E-state index in [1.807, 2.05) is 44.2 Å². The van der Waals surface area contributed by atoms with Crippen LogP contribution in [0.4, 0.5) is 16.2 Å². The van der Waals surface area contributed by atoms with E-state index >= 15 is 0 Å². The van der Waals surface area contributed by atoms with E-state index in [4.69, 9.17) is 11.6 Å². The van der Waals surface area contributed by atoms with Crippen molar-refractivity contribution in [3.05, 3.63) is 58.6 Å². The van der Waals surface area contributed by atoms with Gasteiger partial charge in [-0.05, 0) is 61.0 Å². The van der Waals surface area contributed by atoms with Crippen LogP contribution < -0.4 is 10.2 Å². The number of anilines is 2. The van der Waals surface area contributed by atoms with Gasteiger partial charge >= 0.3 is 0 Å². The van der Waals surface area contributed by atoms with Crippen molar-refractivity contribution in [1.29, 1.82) is 0 Å². The molecular weight excluding hydrogens is 332 g/mol. The highest BCUT2D eigenvalue weighted by Gasteiger charge is 2.40. The van der Waals surface area contributed by atoms with E-state index in [1.165, 1.54) is 4.90 Å². The van der Waals surface area contributed by atoms with E-state index in [1.54, 1.807) is 12.1 Å². The highest BCUT2D eigenvalue weighted by atomic mass is 35.5. The van der Waals surface area contributed by atoms with Gasteiger partial charge in [0.2, 0.25) is 0 Å². The van der Waals surface area contributed by atoms with Crippen LogP contribution in [-0.2, 0) is 4.79 Å². The molecule has 118 valence electrons. The molecule has 3 rings (SSSR count). The third-order valence-electron chi connectivity index (χ3n) is 3.58. The number of aryl methyl sites for hydroxylation is 2. The molecule has 1 fully saturated rings. The average Bonchev–Trinajstić information content (AvgIpc) is 2.77. The quantitative estimate of drug-likeness (QED) is 0.882. The fraction of sp³-hybridized carbons (Fsp3) is 0.176. The summed E-state index contributed by atoms with van der Waals surface area (Å²) in [7, 11) is 0. The second kappa shape index (κ2) is 6.26. The van der Waals surface area contributed by atoms with Gasteiger partial charge in [0.25, 0.3) is 11.1 Å². The van der Waals surface area contributed by atoms with Crippen LogP contribution in [0.1, 0.15) is 11.1 Å². The Morgan fingerprint density at radius 1 is 1.13 bits per heavy atom. The standard InChI is InChI=1S/C17H15ClN2O2S/c1-10-4-3-5-13(8-10)20-16(21)15(23-17(20)22)19-12-7-6-11(2)14(18)9-12/h3-9,15,19H,1-2H3/t15-/m0/s1. The molecule has 1 aliphatic rings. The lowest BCUT2D eigenvalue weighted by Crippen LogP contribution is -2.34. The number of carbonyl (C=O) groups excluding carboxylic acids is 2. The Morgan fingerprint density at radius 2 is 1.91 bits per heavy atom. The van der Waals surface area contributed by atoms with Gasteiger partial charge < -0.3 is 5.32 Å². The SMILES string of the molecule is Cc1cccc(N2C(=O)S[C@H](Nc3ccc(C)c(Cl)c3)C2=O)c1. The normalized spacial score (nSPS) is 17.7. The lowest BCUT2D eigenvalue weighted by Gasteiger charge is -2.15. The van der Waals surface area contributed by atoms with E-state index in [9.17, 15) is 9.59 Å². The number of benzene rings is 2. The molecule has 0 aromatic heterocycles. The predicted octanol–water partition coefficient (Wildman–Crippen LogP) is 4.59. The first-order chi connectivity index (χ1) is 11.0. The molecule has 1 heterocycles. The minimum absolute atomic E-state index is 0.276. The summed E-state index contributed by atoms with van der Waals surface area (Å²) in [4.78, 5) is 26.0. The number of amides is 2. The summed E-state index contributed by atoms with van der Waals surface area (Å²) in [6.45, 7) is 3.83. The molecular formula is C17H15ClN2O2S. The smallest absolute Gasteiger partial charge is 0.295 e. The van der Waals surface area contributed by atoms with Crippen LogP contribution in [0.5, 0.6) is 0 Å². The molecule has 1 atom stereocenters. The summed E-state index contributed by atoms with van der Waals surface area (Å²) in [6, 6.07) is 12.8. The van der Waals surface area contributed by atoms with Gasteiger partial charge in [0.15, 0.2) is 5.37 Å². The van der Waals surface area contributed by atoms with Gasteiger partial charge in [0.05, 0.1) is 5.69 Å². The van der Waals surface area contributed by atoms with Crippen LogP contribution in [0.15, 0.2) is 42.5 Å². The van der Waals surface area contributed by atoms with Crippen molar-refractivity contribution < 1.29 is 9.59 Å². The molecule has 23 heavy (non-hydrogen) atoms. The highest BCUT2D eigenvalue weighted by molar-refractivity contribution is 8.16. The van der Waals surface area contributed by atoms with Crippen molar-refractivity contribution in [3.8, 4) is 0 Å². The molecule has 0 aliphatic carbocycles. The summed E-state index contributed by atoms with van der Waals surface area (Å²) in [5.74, 6) is -0.276. The number of hydrogen-bond acceptors (Lipinski definition) is 4. The number of thioether (sulfide) groups is 1. The molecule has 2 aromatic carbocycles. The van der Waals surface area contributed by atoms with Gasteiger partial charge in [0.1, 0.15) is 0 Å². The monoisotopic (exact) mass is 346 g/mol. The lowest BCUT2D eigenvalue weighted by molar-refractivity contribution is -0.116. The van der Waals surface area contributed by atoms with E-state index < -0.39 is 5.37 Å². The van der Waals surface area contributed by atoms with Crippen LogP contribution >= 0.6 is 23.4 Å². The Morgan fingerprint density at radius 3 is 2.61 bits per heavy atom. The van der Waals surface area contributed by atoms with Crippen LogP contribution in [0, 0.1) is 13.8 Å². The number of nitrogens with zero attached hydrogens (tertiary/aromatic N) is 1. The zero-order valence-electron chi connectivity index (χ0n) is 12.7. The number of nitrogens with one attached hydrogen (secondary N) is 1. The molecule has 2 aromatic rings. The zero-order chi connectivity index (χ0) is 16.6. The Labute approximate surface area is 143 Å². The first kappa shape index (κ1) is 15.9. The van der Waals surface area contributed by atoms with Gasteiger partial charge in [-0.3, -0.25) is 9.59 Å². The first-order valence-corrected chi connectivity index (χ1v) is 8.35. The van der Waals surface area contributed by atoms with E-state index in [2.05, 4.69) is 5.32 Å². The van der Waals surface area contributed by atoms with E-state index in [0.29, 0.717) is 16.4 Å². The maximum atomic E-state index is 12.6. The molecule has 1 aliphatic heterocycles. The van der Waals surface area contributed by atoms with Crippen LogP contribution in [0.3, 0.4) is 0 Å². The van der Waals surface area contributed by atoms with Crippen molar-refractivity contribution in [2.75, 3.05) is 10.2 Å². The number of rotatable bonds is 3. The minimum atomic E-state index is -0.651. The number of imide groups is 1. The van der Waals surface area contributed by atoms with Crippen molar-refractivity contribution >= 4 is 45.9 Å². The minimum Gasteiger partial charge on any atom is -0.365 e. The third kappa shape index (κ3) is 3.21. The Bertz CT molecular complexity index is 794. The van der Waals surface area contributed by atoms with Gasteiger partial charge in [-0.1, -0.05) is 29.8 Å². The van der Waals surface area contributed by atoms with Crippen molar-refractivity contribution in [3.63, 3.8) is 0 Å². The topological polar surface area (TPSA) is 49.4 Å². The van der Waals surface area contributed by atoms with Crippen LogP contribution in [0.25, 0.3) is 0 Å². The molecule has 1 saturated heterocycles. The summed E-state index contributed by atoms with van der Waals surface area (Å²) < 4.78 is 0. The van der Waals surface area contributed by atoms with Crippen molar-refractivity contribution in [2.24, 2.45) is 0 Å². The summed E-state index contributed by atoms with van der Waals surface area (Å²) in [5, 5.41) is 2.76. The van der Waals surface area contributed by atoms with Gasteiger partial charge in [0, 0.05) is 10.7 Å². The average molecular weight is 347 g/mol. The largest absolute Gasteiger partial charge is 0.365 e. The molecule has 0 saturated carbocycles. The summed E-state index contributed by atoms with van der Waals surface area (Å²) in [5.41, 5.74) is 3.26. The Balaban J connectivity index is 1.82. The summed E-state index contributed by atoms with van der Waals surface area (Å²) in [6.07, 6.45) is 0. The van der Waals surface area contributed by atoms with E-state index in [-0.39, 0.29) is 11.1 Å². The summed E-state index contributed by atoms with van der Waals surface area (Å²) >= 11 is 7.07. The van der Waals surface area contributed by atoms with E-state index in [0.717, 1.165) is 22.9 Å². The second-order valence-corrected chi connectivity index (χ2v) is 6.85. The van der Waals surface area contributed by atoms with Crippen LogP contribution in [-0.4, -0.2) is 16.5 Å². The number of hydrogen-bond donors (Lipinski definition) is 1. The first-order valence-electron chi connectivity index (χ1n) is 7.09. The molecule has 0 spiro atoms. The molecule has 4 nitrogen and oxygen atoms in total. The molecule has 6 heteroatoms. The van der Waals surface area contributed by atoms with Crippen molar-refractivity contribution in [2.45, 2.75) is 19.2 Å². The zero-order valence-corrected chi connectivity index (χ0v) is 14.2. The number of halogens is 1. The molecule has 2 amide bonds. The lowest BCUT2D eigenvalue weighted by atomic mass is 10.2. The third-order valence-corrected chi connectivity index (χ3v) is 4.92. The highest BCUT2D eigenvalue weighted by Crippen LogP contribution is 2.33. The molecule has 0 radical (unpaired) electrons. The molecule has 0 bridgehead atoms. The fourth-order valence-electron chi connectivity index (χ4n) is 2.34. The Hall–Kier alpha value is -1.98. The second-order valence-electron chi connectivity index (χ2n) is 5.38. The maximum absolute atomic E-state index is 12.6. The Kier molecular flexibility index (Phi) is 4.33. The van der Waals surface area contributed by atoms with Gasteiger partial charge in [-0.25, -0.2) is 4.90 Å². The predicted molar refractivity (Wildman–Crippen MR) is 95.3 cm³/mol. The fourth-order valence-corrected chi connectivity index (χ4v) is 3.42.